The number of hydrogen-bond donors (Lipinski definition) is 0. The predicted octanol–water partition coefficient (Wildman–Crippen LogP) is 0.870. The minimum Gasteiger partial charge on any atom is -0.272 e. The Morgan fingerprint density at radius 3 is 2.55 bits per heavy atom. The molecule has 56 valence electrons. The monoisotopic (exact) mass is 148 g/mol. The zero-order valence-electron chi connectivity index (χ0n) is 5.97. The van der Waals surface area contributed by atoms with E-state index in [2.05, 4.69) is 0 Å². The van der Waals surface area contributed by atoms with Crippen LogP contribution in [0.15, 0.2) is 36.8 Å². The predicted molar refractivity (Wildman–Crippen MR) is 41.4 cm³/mol. The summed E-state index contributed by atoms with van der Waals surface area (Å²) in [6.07, 6.45) is 7.82. The van der Waals surface area contributed by atoms with Gasteiger partial charge < -0.3 is 0 Å². The Balaban J connectivity index is 2.30. The van der Waals surface area contributed by atoms with E-state index in [9.17, 15) is 4.79 Å². The lowest BCUT2D eigenvalue weighted by molar-refractivity contribution is -0.117. The SMILES string of the molecule is O=C1CC=CN1n1cccc1. The van der Waals surface area contributed by atoms with Crippen LogP contribution in [0.25, 0.3) is 0 Å². The number of rotatable bonds is 1. The van der Waals surface area contributed by atoms with Crippen LogP contribution in [-0.2, 0) is 4.79 Å². The molecule has 1 aromatic rings. The van der Waals surface area contributed by atoms with E-state index in [4.69, 9.17) is 0 Å². The van der Waals surface area contributed by atoms with E-state index in [0.29, 0.717) is 6.42 Å². The van der Waals surface area contributed by atoms with Gasteiger partial charge in [-0.1, -0.05) is 6.08 Å². The molecule has 0 saturated carbocycles. The molecule has 3 heteroatoms. The van der Waals surface area contributed by atoms with Crippen molar-refractivity contribution >= 4 is 5.91 Å². The van der Waals surface area contributed by atoms with E-state index in [1.807, 2.05) is 30.6 Å². The molecule has 1 aliphatic heterocycles. The fraction of sp³-hybridized carbons (Fsp3) is 0.125. The zero-order chi connectivity index (χ0) is 7.68. The molecule has 0 atom stereocenters. The highest BCUT2D eigenvalue weighted by Crippen LogP contribution is 2.05. The van der Waals surface area contributed by atoms with Gasteiger partial charge in [0.05, 0.1) is 0 Å². The van der Waals surface area contributed by atoms with Gasteiger partial charge in [-0.25, -0.2) is 5.01 Å². The van der Waals surface area contributed by atoms with Gasteiger partial charge in [0, 0.05) is 25.0 Å². The van der Waals surface area contributed by atoms with Crippen LogP contribution in [0.4, 0.5) is 0 Å². The maximum absolute atomic E-state index is 11.1. The molecule has 11 heavy (non-hydrogen) atoms. The third-order valence-corrected chi connectivity index (χ3v) is 1.63. The summed E-state index contributed by atoms with van der Waals surface area (Å²) in [5.74, 6) is 0.112. The van der Waals surface area contributed by atoms with Crippen molar-refractivity contribution < 1.29 is 4.79 Å². The van der Waals surface area contributed by atoms with Crippen LogP contribution in [0, 0.1) is 0 Å². The molecule has 0 fully saturated rings. The van der Waals surface area contributed by atoms with Crippen LogP contribution >= 0.6 is 0 Å². The first kappa shape index (κ1) is 6.22. The molecule has 0 radical (unpaired) electrons. The molecule has 0 N–H and O–H groups in total. The van der Waals surface area contributed by atoms with Gasteiger partial charge in [-0.3, -0.25) is 9.47 Å². The summed E-state index contributed by atoms with van der Waals surface area (Å²) < 4.78 is 1.76. The summed E-state index contributed by atoms with van der Waals surface area (Å²) in [6, 6.07) is 3.78. The molecule has 1 amide bonds. The normalized spacial score (nSPS) is 16.4. The molecule has 0 unspecified atom stereocenters. The van der Waals surface area contributed by atoms with Crippen molar-refractivity contribution in [3.05, 3.63) is 36.8 Å². The van der Waals surface area contributed by atoms with Gasteiger partial charge in [0.15, 0.2) is 0 Å². The van der Waals surface area contributed by atoms with Gasteiger partial charge in [0.25, 0.3) is 0 Å². The van der Waals surface area contributed by atoms with Gasteiger partial charge >= 0.3 is 0 Å². The second-order valence-electron chi connectivity index (χ2n) is 2.39. The van der Waals surface area contributed by atoms with Crippen LogP contribution in [-0.4, -0.2) is 10.6 Å². The number of hydrogen-bond acceptors (Lipinski definition) is 1. The number of nitrogens with zero attached hydrogens (tertiary/aromatic N) is 2. The van der Waals surface area contributed by atoms with Crippen LogP contribution in [0.3, 0.4) is 0 Å². The topological polar surface area (TPSA) is 25.2 Å². The molecule has 0 bridgehead atoms. The van der Waals surface area contributed by atoms with Crippen molar-refractivity contribution in [2.75, 3.05) is 5.01 Å². The Morgan fingerprint density at radius 2 is 2.00 bits per heavy atom. The highest BCUT2D eigenvalue weighted by Gasteiger charge is 2.14. The van der Waals surface area contributed by atoms with E-state index < -0.39 is 0 Å². The first-order valence-corrected chi connectivity index (χ1v) is 3.50. The van der Waals surface area contributed by atoms with Crippen molar-refractivity contribution in [2.24, 2.45) is 0 Å². The Kier molecular flexibility index (Phi) is 1.28. The van der Waals surface area contributed by atoms with Crippen molar-refractivity contribution in [1.82, 2.24) is 4.68 Å². The first-order valence-electron chi connectivity index (χ1n) is 3.50. The van der Waals surface area contributed by atoms with Crippen LogP contribution in [0.5, 0.6) is 0 Å². The Hall–Kier alpha value is -1.51. The van der Waals surface area contributed by atoms with Gasteiger partial charge in [-0.2, -0.15) is 0 Å². The zero-order valence-corrected chi connectivity index (χ0v) is 5.97. The second-order valence-corrected chi connectivity index (χ2v) is 2.39. The van der Waals surface area contributed by atoms with Crippen molar-refractivity contribution in [1.29, 1.82) is 0 Å². The van der Waals surface area contributed by atoms with Gasteiger partial charge in [-0.15, -0.1) is 0 Å². The van der Waals surface area contributed by atoms with Crippen LogP contribution in [0.1, 0.15) is 6.42 Å². The average Bonchev–Trinajstić information content (AvgIpc) is 2.55. The minimum atomic E-state index is 0.112. The van der Waals surface area contributed by atoms with E-state index >= 15 is 0 Å². The lowest BCUT2D eigenvalue weighted by Gasteiger charge is -2.13. The fourth-order valence-electron chi connectivity index (χ4n) is 1.10. The van der Waals surface area contributed by atoms with E-state index in [1.165, 1.54) is 0 Å². The standard InChI is InChI=1S/C8H8N2O/c11-8-4-3-7-10(8)9-5-1-2-6-9/h1-3,5-7H,4H2. The Bertz CT molecular complexity index is 287. The van der Waals surface area contributed by atoms with E-state index in [1.54, 1.807) is 15.9 Å². The summed E-state index contributed by atoms with van der Waals surface area (Å²) in [6.45, 7) is 0. The third kappa shape index (κ3) is 0.941. The maximum atomic E-state index is 11.1. The summed E-state index contributed by atoms with van der Waals surface area (Å²) in [5, 5.41) is 1.58. The van der Waals surface area contributed by atoms with E-state index in [0.717, 1.165) is 0 Å². The van der Waals surface area contributed by atoms with Crippen LogP contribution < -0.4 is 5.01 Å². The number of carbonyl (C=O) groups excluding carboxylic acids is 1. The molecule has 0 aromatic carbocycles. The molecule has 2 rings (SSSR count). The van der Waals surface area contributed by atoms with Crippen molar-refractivity contribution in [3.8, 4) is 0 Å². The Morgan fingerprint density at radius 1 is 1.27 bits per heavy atom. The van der Waals surface area contributed by atoms with Crippen molar-refractivity contribution in [2.45, 2.75) is 6.42 Å². The molecule has 1 aliphatic rings. The highest BCUT2D eigenvalue weighted by atomic mass is 16.2. The van der Waals surface area contributed by atoms with Crippen LogP contribution in [0.2, 0.25) is 0 Å². The summed E-state index contributed by atoms with van der Waals surface area (Å²) in [4.78, 5) is 11.1. The maximum Gasteiger partial charge on any atom is 0.249 e. The molecular weight excluding hydrogens is 140 g/mol. The third-order valence-electron chi connectivity index (χ3n) is 1.63. The van der Waals surface area contributed by atoms with Crippen molar-refractivity contribution in [3.63, 3.8) is 0 Å². The summed E-state index contributed by atoms with van der Waals surface area (Å²) in [5.41, 5.74) is 0. The average molecular weight is 148 g/mol. The smallest absolute Gasteiger partial charge is 0.249 e. The number of amides is 1. The van der Waals surface area contributed by atoms with Gasteiger partial charge in [0.1, 0.15) is 0 Å². The summed E-state index contributed by atoms with van der Waals surface area (Å²) in [7, 11) is 0. The molecule has 2 heterocycles. The Labute approximate surface area is 64.5 Å². The largest absolute Gasteiger partial charge is 0.272 e. The molecule has 0 spiro atoms. The molecule has 0 saturated heterocycles. The lowest BCUT2D eigenvalue weighted by atomic mass is 10.5. The lowest BCUT2D eigenvalue weighted by Crippen LogP contribution is -2.30. The number of carbonyl (C=O) groups is 1. The molecule has 0 aliphatic carbocycles. The number of aromatic nitrogens is 1. The van der Waals surface area contributed by atoms with Gasteiger partial charge in [0.2, 0.25) is 5.91 Å². The second kappa shape index (κ2) is 2.27. The minimum absolute atomic E-state index is 0.112. The van der Waals surface area contributed by atoms with E-state index in [-0.39, 0.29) is 5.91 Å². The molecule has 1 aromatic heterocycles. The fourth-order valence-corrected chi connectivity index (χ4v) is 1.10. The highest BCUT2D eigenvalue weighted by molar-refractivity contribution is 5.91. The molecular formula is C8H8N2O. The molecule has 3 nitrogen and oxygen atoms in total. The quantitative estimate of drug-likeness (QED) is 0.580. The summed E-state index contributed by atoms with van der Waals surface area (Å²) >= 11 is 0. The van der Waals surface area contributed by atoms with Gasteiger partial charge in [-0.05, 0) is 12.1 Å². The first-order chi connectivity index (χ1) is 5.38.